The van der Waals surface area contributed by atoms with Gasteiger partial charge in [0, 0.05) is 41.1 Å². The zero-order valence-corrected chi connectivity index (χ0v) is 12.2. The average Bonchev–Trinajstić information content (AvgIpc) is 2.81. The number of aryl methyl sites for hydroxylation is 1. The van der Waals surface area contributed by atoms with Crippen LogP contribution in [0, 0.1) is 0 Å². The largest absolute Gasteiger partial charge is 0.375 e. The summed E-state index contributed by atoms with van der Waals surface area (Å²) in [6.07, 6.45) is 0. The summed E-state index contributed by atoms with van der Waals surface area (Å²) in [5, 5.41) is 5.21. The maximum absolute atomic E-state index is 11.6. The van der Waals surface area contributed by atoms with Gasteiger partial charge in [-0.25, -0.2) is 0 Å². The molecule has 3 rings (SSSR count). The molecule has 2 aromatic carbocycles. The Bertz CT molecular complexity index is 805. The molecule has 0 spiro atoms. The van der Waals surface area contributed by atoms with Crippen molar-refractivity contribution in [2.45, 2.75) is 13.5 Å². The fourth-order valence-corrected chi connectivity index (χ4v) is 2.80. The fraction of sp³-hybridized carbons (Fsp3) is 0.235. The van der Waals surface area contributed by atoms with Gasteiger partial charge in [-0.15, -0.1) is 0 Å². The van der Waals surface area contributed by atoms with Gasteiger partial charge < -0.3 is 14.6 Å². The number of hydrogen-bond acceptors (Lipinski definition) is 2. The molecule has 0 fully saturated rings. The van der Waals surface area contributed by atoms with Crippen LogP contribution in [0.5, 0.6) is 0 Å². The molecule has 0 bridgehead atoms. The Morgan fingerprint density at radius 3 is 2.67 bits per heavy atom. The van der Waals surface area contributed by atoms with E-state index in [1.54, 1.807) is 0 Å². The number of carbonyl (C=O) groups is 1. The summed E-state index contributed by atoms with van der Waals surface area (Å²) in [6.45, 7) is 3.12. The topological polar surface area (TPSA) is 43.3 Å². The van der Waals surface area contributed by atoms with Crippen LogP contribution < -0.4 is 5.32 Å². The summed E-state index contributed by atoms with van der Waals surface area (Å²) >= 11 is 0. The molecule has 4 nitrogen and oxygen atoms in total. The van der Waals surface area contributed by atoms with E-state index in [0.29, 0.717) is 0 Å². The summed E-state index contributed by atoms with van der Waals surface area (Å²) in [4.78, 5) is 11.6. The molecule has 1 heterocycles. The Hall–Kier alpha value is -2.33. The van der Waals surface area contributed by atoms with Crippen LogP contribution in [-0.2, 0) is 16.1 Å². The smallest absolute Gasteiger partial charge is 0.250 e. The van der Waals surface area contributed by atoms with Crippen LogP contribution in [0.2, 0.25) is 0 Å². The molecule has 4 heteroatoms. The van der Waals surface area contributed by atoms with Gasteiger partial charge >= 0.3 is 0 Å². The van der Waals surface area contributed by atoms with E-state index in [2.05, 4.69) is 41.1 Å². The van der Waals surface area contributed by atoms with Crippen LogP contribution in [0.25, 0.3) is 21.8 Å². The number of amides is 1. The molecule has 0 radical (unpaired) electrons. The van der Waals surface area contributed by atoms with Crippen LogP contribution in [0.4, 0.5) is 5.69 Å². The molecule has 0 saturated carbocycles. The van der Waals surface area contributed by atoms with Gasteiger partial charge in [-0.05, 0) is 31.2 Å². The Balaban J connectivity index is 2.13. The molecule has 0 aliphatic heterocycles. The second kappa shape index (κ2) is 5.58. The Kier molecular flexibility index (Phi) is 3.62. The first-order chi connectivity index (χ1) is 10.2. The monoisotopic (exact) mass is 282 g/mol. The molecule has 1 N–H and O–H groups in total. The number of anilines is 1. The molecule has 21 heavy (non-hydrogen) atoms. The highest BCUT2D eigenvalue weighted by Gasteiger charge is 2.10. The van der Waals surface area contributed by atoms with Crippen LogP contribution >= 0.6 is 0 Å². The number of methoxy groups -OCH3 is 1. The summed E-state index contributed by atoms with van der Waals surface area (Å²) in [5.74, 6) is -0.143. The van der Waals surface area contributed by atoms with Gasteiger partial charge in [-0.1, -0.05) is 18.2 Å². The molecule has 0 aliphatic rings. The van der Waals surface area contributed by atoms with E-state index in [1.807, 2.05) is 18.2 Å². The van der Waals surface area contributed by atoms with Crippen molar-refractivity contribution in [2.24, 2.45) is 0 Å². The molecular weight excluding hydrogens is 264 g/mol. The first-order valence-corrected chi connectivity index (χ1v) is 7.04. The second-order valence-electron chi connectivity index (χ2n) is 4.97. The summed E-state index contributed by atoms with van der Waals surface area (Å²) in [6, 6.07) is 14.3. The van der Waals surface area contributed by atoms with Crippen molar-refractivity contribution in [3.63, 3.8) is 0 Å². The van der Waals surface area contributed by atoms with Gasteiger partial charge in [0.1, 0.15) is 6.61 Å². The van der Waals surface area contributed by atoms with E-state index in [4.69, 9.17) is 4.74 Å². The van der Waals surface area contributed by atoms with Crippen molar-refractivity contribution < 1.29 is 9.53 Å². The predicted octanol–water partition coefficient (Wildman–Crippen LogP) is 3.40. The van der Waals surface area contributed by atoms with Crippen molar-refractivity contribution in [2.75, 3.05) is 19.0 Å². The number of nitrogens with zero attached hydrogens (tertiary/aromatic N) is 1. The number of carbonyl (C=O) groups excluding carboxylic acids is 1. The number of ether oxygens (including phenoxy) is 1. The van der Waals surface area contributed by atoms with Gasteiger partial charge in [0.2, 0.25) is 5.91 Å². The van der Waals surface area contributed by atoms with Gasteiger partial charge in [0.05, 0.1) is 0 Å². The highest BCUT2D eigenvalue weighted by Crippen LogP contribution is 2.30. The Morgan fingerprint density at radius 1 is 1.14 bits per heavy atom. The molecule has 0 saturated heterocycles. The number of nitrogens with one attached hydrogen (secondary N) is 1. The third-order valence-corrected chi connectivity index (χ3v) is 3.65. The van der Waals surface area contributed by atoms with Gasteiger partial charge in [0.25, 0.3) is 0 Å². The minimum atomic E-state index is -0.143. The number of benzene rings is 2. The molecule has 0 aliphatic carbocycles. The lowest BCUT2D eigenvalue weighted by molar-refractivity contribution is -0.119. The summed E-state index contributed by atoms with van der Waals surface area (Å²) in [5.41, 5.74) is 3.20. The minimum Gasteiger partial charge on any atom is -0.375 e. The third kappa shape index (κ3) is 2.38. The van der Waals surface area contributed by atoms with Crippen LogP contribution in [0.3, 0.4) is 0 Å². The van der Waals surface area contributed by atoms with E-state index < -0.39 is 0 Å². The van der Waals surface area contributed by atoms with Crippen molar-refractivity contribution in [1.29, 1.82) is 0 Å². The maximum Gasteiger partial charge on any atom is 0.250 e. The van der Waals surface area contributed by atoms with Gasteiger partial charge in [-0.2, -0.15) is 0 Å². The third-order valence-electron chi connectivity index (χ3n) is 3.65. The van der Waals surface area contributed by atoms with Crippen LogP contribution in [0.1, 0.15) is 6.92 Å². The minimum absolute atomic E-state index is 0.0642. The van der Waals surface area contributed by atoms with E-state index >= 15 is 0 Å². The van der Waals surface area contributed by atoms with E-state index in [0.717, 1.165) is 17.6 Å². The zero-order valence-electron chi connectivity index (χ0n) is 12.2. The van der Waals surface area contributed by atoms with Gasteiger partial charge in [-0.3, -0.25) is 4.79 Å². The molecule has 1 amide bonds. The van der Waals surface area contributed by atoms with Crippen molar-refractivity contribution in [1.82, 2.24) is 4.57 Å². The lowest BCUT2D eigenvalue weighted by atomic mass is 10.1. The number of hydrogen-bond donors (Lipinski definition) is 1. The highest BCUT2D eigenvalue weighted by molar-refractivity contribution is 6.09. The number of fused-ring (bicyclic) bond motifs is 3. The fourth-order valence-electron chi connectivity index (χ4n) is 2.80. The Morgan fingerprint density at radius 2 is 1.90 bits per heavy atom. The van der Waals surface area contributed by atoms with Crippen LogP contribution in [-0.4, -0.2) is 24.2 Å². The molecule has 1 aromatic heterocycles. The van der Waals surface area contributed by atoms with Crippen molar-refractivity contribution >= 4 is 33.4 Å². The molecule has 0 unspecified atom stereocenters. The molecule has 108 valence electrons. The highest BCUT2D eigenvalue weighted by atomic mass is 16.5. The second-order valence-corrected chi connectivity index (χ2v) is 4.97. The van der Waals surface area contributed by atoms with Crippen molar-refractivity contribution in [3.05, 3.63) is 42.5 Å². The van der Waals surface area contributed by atoms with Crippen LogP contribution in [0.15, 0.2) is 42.5 Å². The first kappa shape index (κ1) is 13.6. The summed E-state index contributed by atoms with van der Waals surface area (Å²) < 4.78 is 7.12. The van der Waals surface area contributed by atoms with E-state index in [-0.39, 0.29) is 12.5 Å². The zero-order chi connectivity index (χ0) is 14.8. The summed E-state index contributed by atoms with van der Waals surface area (Å²) in [7, 11) is 1.51. The molecular formula is C17H18N2O2. The predicted molar refractivity (Wildman–Crippen MR) is 85.6 cm³/mol. The molecule has 0 atom stereocenters. The first-order valence-electron chi connectivity index (χ1n) is 7.04. The number of aromatic nitrogens is 1. The Labute approximate surface area is 123 Å². The average molecular weight is 282 g/mol. The van der Waals surface area contributed by atoms with Crippen molar-refractivity contribution in [3.8, 4) is 0 Å². The number of rotatable bonds is 4. The quantitative estimate of drug-likeness (QED) is 0.797. The van der Waals surface area contributed by atoms with E-state index in [9.17, 15) is 4.79 Å². The lowest BCUT2D eigenvalue weighted by Crippen LogP contribution is -2.16. The molecule has 3 aromatic rings. The van der Waals surface area contributed by atoms with E-state index in [1.165, 1.54) is 23.5 Å². The number of para-hydroxylation sites is 1. The SMILES string of the molecule is CCn1c2ccccc2c2cc(NC(=O)COC)ccc21. The lowest BCUT2D eigenvalue weighted by Gasteiger charge is -2.06. The van der Waals surface area contributed by atoms with Gasteiger partial charge in [0.15, 0.2) is 0 Å². The normalized spacial score (nSPS) is 11.1. The standard InChI is InChI=1S/C17H18N2O2/c1-3-19-15-7-5-4-6-13(15)14-10-12(8-9-16(14)19)18-17(20)11-21-2/h4-10H,3,11H2,1-2H3,(H,18,20). The maximum atomic E-state index is 11.6.